The summed E-state index contributed by atoms with van der Waals surface area (Å²) >= 11 is 12.2. The maximum absolute atomic E-state index is 12.5. The van der Waals surface area contributed by atoms with Crippen molar-refractivity contribution in [3.63, 3.8) is 0 Å². The minimum absolute atomic E-state index is 0.249. The lowest BCUT2D eigenvalue weighted by Crippen LogP contribution is -2.22. The monoisotopic (exact) mass is 290 g/mol. The lowest BCUT2D eigenvalue weighted by Gasteiger charge is -2.20. The number of halogens is 2. The molecule has 0 aromatic heterocycles. The van der Waals surface area contributed by atoms with Gasteiger partial charge in [-0.15, -0.1) is 0 Å². The average Bonchev–Trinajstić information content (AvgIpc) is 2.39. The summed E-state index contributed by atoms with van der Waals surface area (Å²) in [5, 5.41) is 0.625. The molecule has 2 nitrogen and oxygen atoms in total. The van der Waals surface area contributed by atoms with Gasteiger partial charge >= 0.3 is 0 Å². The second kappa shape index (κ2) is 4.19. The van der Waals surface area contributed by atoms with E-state index in [9.17, 15) is 9.59 Å². The number of ketones is 2. The first kappa shape index (κ1) is 12.4. The van der Waals surface area contributed by atoms with Crippen LogP contribution in [0.4, 0.5) is 0 Å². The van der Waals surface area contributed by atoms with Crippen LogP contribution in [-0.4, -0.2) is 11.6 Å². The molecule has 19 heavy (non-hydrogen) atoms. The standard InChI is InChI=1S/C15H8Cl2O2/c1-7-5-6-9-12(13(7)17)15(19)8-3-2-4-10(16)11(8)14(9)18/h2-6H,1H3. The van der Waals surface area contributed by atoms with Crippen molar-refractivity contribution in [2.45, 2.75) is 6.92 Å². The van der Waals surface area contributed by atoms with Gasteiger partial charge in [-0.3, -0.25) is 9.59 Å². The van der Waals surface area contributed by atoms with Crippen molar-refractivity contribution >= 4 is 34.8 Å². The van der Waals surface area contributed by atoms with Crippen molar-refractivity contribution in [3.8, 4) is 0 Å². The molecular weight excluding hydrogens is 283 g/mol. The van der Waals surface area contributed by atoms with Crippen LogP contribution in [0.25, 0.3) is 0 Å². The first-order chi connectivity index (χ1) is 9.02. The Hall–Kier alpha value is -1.64. The quantitative estimate of drug-likeness (QED) is 0.625. The Morgan fingerprint density at radius 2 is 1.47 bits per heavy atom. The lowest BCUT2D eigenvalue weighted by molar-refractivity contribution is 0.0979. The van der Waals surface area contributed by atoms with Gasteiger partial charge in [-0.05, 0) is 24.6 Å². The Morgan fingerprint density at radius 1 is 0.842 bits per heavy atom. The van der Waals surface area contributed by atoms with Crippen molar-refractivity contribution in [1.82, 2.24) is 0 Å². The van der Waals surface area contributed by atoms with Crippen molar-refractivity contribution in [1.29, 1.82) is 0 Å². The van der Waals surface area contributed by atoms with Crippen LogP contribution in [0.5, 0.6) is 0 Å². The molecule has 0 unspecified atom stereocenters. The van der Waals surface area contributed by atoms with E-state index in [1.165, 1.54) is 0 Å². The number of carbonyl (C=O) groups is 2. The minimum atomic E-state index is -0.253. The van der Waals surface area contributed by atoms with Crippen LogP contribution in [0.2, 0.25) is 10.0 Å². The molecule has 0 saturated carbocycles. The average molecular weight is 291 g/mol. The van der Waals surface area contributed by atoms with E-state index in [0.717, 1.165) is 5.56 Å². The fourth-order valence-electron chi connectivity index (χ4n) is 2.30. The zero-order valence-corrected chi connectivity index (χ0v) is 11.5. The lowest BCUT2D eigenvalue weighted by atomic mass is 9.83. The van der Waals surface area contributed by atoms with Gasteiger partial charge in [0.25, 0.3) is 0 Å². The maximum atomic E-state index is 12.5. The molecule has 0 bridgehead atoms. The Balaban J connectivity index is 2.40. The Morgan fingerprint density at radius 3 is 2.21 bits per heavy atom. The van der Waals surface area contributed by atoms with E-state index >= 15 is 0 Å². The molecule has 0 N–H and O–H groups in total. The van der Waals surface area contributed by atoms with Crippen LogP contribution in [0, 0.1) is 6.92 Å². The second-order valence-corrected chi connectivity index (χ2v) is 5.22. The minimum Gasteiger partial charge on any atom is -0.289 e. The van der Waals surface area contributed by atoms with Crippen LogP contribution in [0.1, 0.15) is 37.4 Å². The third-order valence-electron chi connectivity index (χ3n) is 3.29. The van der Waals surface area contributed by atoms with E-state index in [0.29, 0.717) is 16.1 Å². The molecule has 3 rings (SSSR count). The van der Waals surface area contributed by atoms with E-state index in [1.807, 2.05) is 0 Å². The van der Waals surface area contributed by atoms with E-state index in [1.54, 1.807) is 37.3 Å². The summed E-state index contributed by atoms with van der Waals surface area (Å²) in [6.07, 6.45) is 0. The van der Waals surface area contributed by atoms with Crippen LogP contribution < -0.4 is 0 Å². The van der Waals surface area contributed by atoms with Gasteiger partial charge in [-0.25, -0.2) is 0 Å². The summed E-state index contributed by atoms with van der Waals surface area (Å²) in [6, 6.07) is 8.22. The van der Waals surface area contributed by atoms with E-state index in [4.69, 9.17) is 23.2 Å². The van der Waals surface area contributed by atoms with Crippen molar-refractivity contribution in [2.24, 2.45) is 0 Å². The topological polar surface area (TPSA) is 34.1 Å². The first-order valence-electron chi connectivity index (χ1n) is 5.69. The number of fused-ring (bicyclic) bond motifs is 2. The van der Waals surface area contributed by atoms with Crippen LogP contribution >= 0.6 is 23.2 Å². The molecule has 2 aromatic carbocycles. The molecule has 94 valence electrons. The molecule has 0 atom stereocenters. The zero-order valence-electron chi connectivity index (χ0n) is 9.96. The molecule has 0 aliphatic heterocycles. The number of benzene rings is 2. The normalized spacial score (nSPS) is 13.2. The predicted octanol–water partition coefficient (Wildman–Crippen LogP) is 4.08. The molecule has 0 radical (unpaired) electrons. The van der Waals surface area contributed by atoms with Gasteiger partial charge in [-0.2, -0.15) is 0 Å². The summed E-state index contributed by atoms with van der Waals surface area (Å²) in [4.78, 5) is 24.9. The highest BCUT2D eigenvalue weighted by atomic mass is 35.5. The first-order valence-corrected chi connectivity index (χ1v) is 6.45. The molecule has 4 heteroatoms. The fraction of sp³-hybridized carbons (Fsp3) is 0.0667. The number of rotatable bonds is 0. The third-order valence-corrected chi connectivity index (χ3v) is 4.09. The largest absolute Gasteiger partial charge is 0.289 e. The summed E-state index contributed by atoms with van der Waals surface area (Å²) in [5.74, 6) is -0.502. The number of hydrogen-bond donors (Lipinski definition) is 0. The molecule has 1 aliphatic carbocycles. The van der Waals surface area contributed by atoms with Crippen molar-refractivity contribution in [2.75, 3.05) is 0 Å². The Labute approximate surface area is 120 Å². The number of aryl methyl sites for hydroxylation is 1. The number of carbonyl (C=O) groups excluding carboxylic acids is 2. The molecule has 1 aliphatic rings. The molecule has 0 saturated heterocycles. The van der Waals surface area contributed by atoms with Crippen molar-refractivity contribution in [3.05, 3.63) is 68.2 Å². The highest BCUT2D eigenvalue weighted by Gasteiger charge is 2.33. The summed E-state index contributed by atoms with van der Waals surface area (Å²) in [6.45, 7) is 1.80. The van der Waals surface area contributed by atoms with E-state index in [2.05, 4.69) is 0 Å². The van der Waals surface area contributed by atoms with Crippen molar-refractivity contribution < 1.29 is 9.59 Å². The van der Waals surface area contributed by atoms with Crippen LogP contribution in [0.3, 0.4) is 0 Å². The molecule has 0 amide bonds. The van der Waals surface area contributed by atoms with E-state index < -0.39 is 0 Å². The highest BCUT2D eigenvalue weighted by molar-refractivity contribution is 6.42. The highest BCUT2D eigenvalue weighted by Crippen LogP contribution is 2.36. The van der Waals surface area contributed by atoms with Crippen LogP contribution in [0.15, 0.2) is 30.3 Å². The van der Waals surface area contributed by atoms with E-state index in [-0.39, 0.29) is 27.7 Å². The van der Waals surface area contributed by atoms with Gasteiger partial charge in [0, 0.05) is 11.1 Å². The molecule has 2 aromatic rings. The third kappa shape index (κ3) is 1.64. The van der Waals surface area contributed by atoms with Crippen LogP contribution in [-0.2, 0) is 0 Å². The van der Waals surface area contributed by atoms with Gasteiger partial charge in [0.1, 0.15) is 0 Å². The maximum Gasteiger partial charge on any atom is 0.196 e. The van der Waals surface area contributed by atoms with Gasteiger partial charge in [-0.1, -0.05) is 41.4 Å². The fourth-order valence-corrected chi connectivity index (χ4v) is 2.82. The predicted molar refractivity (Wildman–Crippen MR) is 74.5 cm³/mol. The molecule has 0 heterocycles. The van der Waals surface area contributed by atoms with Gasteiger partial charge in [0.15, 0.2) is 11.6 Å². The Bertz CT molecular complexity index is 748. The molecule has 0 spiro atoms. The number of hydrogen-bond acceptors (Lipinski definition) is 2. The molecule has 0 fully saturated rings. The van der Waals surface area contributed by atoms with Gasteiger partial charge in [0.2, 0.25) is 0 Å². The summed E-state index contributed by atoms with van der Waals surface area (Å²) < 4.78 is 0. The second-order valence-electron chi connectivity index (χ2n) is 4.44. The van der Waals surface area contributed by atoms with Gasteiger partial charge in [0.05, 0.1) is 21.2 Å². The summed E-state index contributed by atoms with van der Waals surface area (Å²) in [5.41, 5.74) is 1.95. The Kier molecular flexibility index (Phi) is 2.73. The summed E-state index contributed by atoms with van der Waals surface area (Å²) in [7, 11) is 0. The SMILES string of the molecule is Cc1ccc2c(c1Cl)C(=O)c1cccc(Cl)c1C2=O. The smallest absolute Gasteiger partial charge is 0.196 e. The zero-order chi connectivity index (χ0) is 13.7. The molecular formula is C15H8Cl2O2. The van der Waals surface area contributed by atoms with Gasteiger partial charge < -0.3 is 0 Å².